The Bertz CT molecular complexity index is 1470. The number of aliphatic hydroxyl groups excluding tert-OH is 1. The molecule has 0 aromatic heterocycles. The molecule has 0 aliphatic heterocycles. The van der Waals surface area contributed by atoms with Gasteiger partial charge in [0.2, 0.25) is 0 Å². The zero-order valence-corrected chi connectivity index (χ0v) is 28.9. The molecule has 11 nitrogen and oxygen atoms in total. The van der Waals surface area contributed by atoms with Crippen molar-refractivity contribution < 1.29 is 19.6 Å². The molecule has 4 rings (SSSR count). The maximum atomic E-state index is 11.8. The summed E-state index contributed by atoms with van der Waals surface area (Å²) < 4.78 is 0. The summed E-state index contributed by atoms with van der Waals surface area (Å²) in [5, 5.41) is 29.3. The van der Waals surface area contributed by atoms with Crippen LogP contribution < -0.4 is 27.0 Å². The average Bonchev–Trinajstić information content (AvgIpc) is 2.98. The molecule has 16 heteroatoms. The van der Waals surface area contributed by atoms with Gasteiger partial charge in [-0.15, -0.1) is 0 Å². The van der Waals surface area contributed by atoms with Crippen LogP contribution in [0.2, 0.25) is 10.0 Å². The maximum absolute atomic E-state index is 11.8. The van der Waals surface area contributed by atoms with E-state index in [2.05, 4.69) is 21.3 Å². The Morgan fingerprint density at radius 2 is 1.16 bits per heavy atom. The molecule has 0 saturated heterocycles. The molecule has 2 radical (unpaired) electrons. The van der Waals surface area contributed by atoms with Crippen molar-refractivity contribution in [3.8, 4) is 0 Å². The predicted molar refractivity (Wildman–Crippen MR) is 182 cm³/mol. The first-order valence-electron chi connectivity index (χ1n) is 12.4. The van der Waals surface area contributed by atoms with Crippen molar-refractivity contribution in [2.45, 2.75) is 6.92 Å². The molecule has 7 N–H and O–H groups in total. The zero-order chi connectivity index (χ0) is 32.9. The van der Waals surface area contributed by atoms with Gasteiger partial charge in [0.15, 0.2) is 0 Å². The van der Waals surface area contributed by atoms with E-state index in [9.17, 15) is 19.7 Å². The number of nitro benzene ring substituents is 1. The molecule has 0 atom stereocenters. The molecule has 0 aliphatic carbocycles. The molecule has 0 spiro atoms. The first-order valence-corrected chi connectivity index (χ1v) is 20.3. The van der Waals surface area contributed by atoms with Gasteiger partial charge in [-0.1, -0.05) is 59.6 Å². The van der Waals surface area contributed by atoms with Gasteiger partial charge in [-0.25, -0.2) is 9.59 Å². The van der Waals surface area contributed by atoms with Crippen LogP contribution in [-0.2, 0) is 0 Å². The number of nitrogens with two attached hydrogens (primary N) is 1. The number of hydrogen-bond acceptors (Lipinski definition) is 6. The molecular formula is C28H28Cl4N6O5Sn. The summed E-state index contributed by atoms with van der Waals surface area (Å²) in [7, 11) is 9.87. The van der Waals surface area contributed by atoms with E-state index >= 15 is 0 Å². The summed E-state index contributed by atoms with van der Waals surface area (Å²) >= 11 is 11.0. The number of carbonyl (C=O) groups excluding carboxylic acids is 2. The third-order valence-corrected chi connectivity index (χ3v) is 5.37. The average molecular weight is 789 g/mol. The van der Waals surface area contributed by atoms with Crippen molar-refractivity contribution in [3.05, 3.63) is 117 Å². The Kier molecular flexibility index (Phi) is 19.4. The number of nitrogens with one attached hydrogen (secondary N) is 4. The number of aliphatic hydroxyl groups is 1. The topological polar surface area (TPSA) is 172 Å². The second kappa shape index (κ2) is 22.1. The fourth-order valence-corrected chi connectivity index (χ4v) is 3.30. The van der Waals surface area contributed by atoms with E-state index in [1.165, 1.54) is 18.2 Å². The van der Waals surface area contributed by atoms with Crippen LogP contribution in [0.1, 0.15) is 6.92 Å². The summed E-state index contributed by atoms with van der Waals surface area (Å²) in [5.74, 6) is 0. The molecule has 0 bridgehead atoms. The van der Waals surface area contributed by atoms with Crippen LogP contribution in [0.4, 0.5) is 43.7 Å². The Balaban J connectivity index is 0.000000375. The Hall–Kier alpha value is -3.46. The van der Waals surface area contributed by atoms with E-state index in [4.69, 9.17) is 51.9 Å². The summed E-state index contributed by atoms with van der Waals surface area (Å²) in [4.78, 5) is 33.6. The van der Waals surface area contributed by atoms with E-state index in [-0.39, 0.29) is 29.0 Å². The van der Waals surface area contributed by atoms with Gasteiger partial charge in [0.05, 0.1) is 26.3 Å². The summed E-state index contributed by atoms with van der Waals surface area (Å²) in [6, 6.07) is 25.8. The van der Waals surface area contributed by atoms with Crippen LogP contribution in [0.25, 0.3) is 0 Å². The van der Waals surface area contributed by atoms with Crippen LogP contribution in [-0.4, -0.2) is 47.6 Å². The van der Waals surface area contributed by atoms with E-state index in [1.54, 1.807) is 61.5 Å². The SMILES string of the molecule is CCO.Nc1ccc(Cl)c(NC(=O)Nc2ccccc2)c1.O=C(Nc1ccccc1)Nc1cc([N+](=O)[O-])ccc1Cl.[Cl][Sn][Cl]. The number of halogens is 4. The molecular weight excluding hydrogens is 761 g/mol. The number of benzene rings is 4. The van der Waals surface area contributed by atoms with Crippen LogP contribution in [0, 0.1) is 10.1 Å². The van der Waals surface area contributed by atoms with E-state index < -0.39 is 29.8 Å². The number of carbonyl (C=O) groups is 2. The number of nitrogen functional groups attached to an aromatic ring is 1. The normalized spacial score (nSPS) is 9.32. The minimum absolute atomic E-state index is 0.149. The van der Waals surface area contributed by atoms with Gasteiger partial charge in [0.1, 0.15) is 0 Å². The molecule has 4 aromatic rings. The molecule has 232 valence electrons. The number of anilines is 5. The molecule has 4 amide bonds. The molecule has 0 fully saturated rings. The Morgan fingerprint density at radius 1 is 0.773 bits per heavy atom. The van der Waals surface area contributed by atoms with Crippen molar-refractivity contribution in [2.24, 2.45) is 0 Å². The quantitative estimate of drug-likeness (QED) is 0.0513. The number of nitro groups is 1. The summed E-state index contributed by atoms with van der Waals surface area (Å²) in [6.45, 7) is 1.93. The minimum atomic E-state index is -0.826. The predicted octanol–water partition coefficient (Wildman–Crippen LogP) is 8.46. The molecule has 4 aromatic carbocycles. The fourth-order valence-electron chi connectivity index (χ4n) is 2.97. The van der Waals surface area contributed by atoms with Crippen LogP contribution in [0.3, 0.4) is 0 Å². The second-order valence-electron chi connectivity index (χ2n) is 7.94. The third-order valence-electron chi connectivity index (χ3n) is 4.71. The number of amides is 4. The fraction of sp³-hybridized carbons (Fsp3) is 0.0714. The van der Waals surface area contributed by atoms with Crippen LogP contribution >= 0.6 is 41.0 Å². The van der Waals surface area contributed by atoms with Crippen LogP contribution in [0.15, 0.2) is 97.1 Å². The van der Waals surface area contributed by atoms with Gasteiger partial charge in [0.25, 0.3) is 5.69 Å². The van der Waals surface area contributed by atoms with Crippen molar-refractivity contribution in [1.29, 1.82) is 0 Å². The van der Waals surface area contributed by atoms with E-state index in [1.807, 2.05) is 24.3 Å². The van der Waals surface area contributed by atoms with Crippen LogP contribution in [0.5, 0.6) is 0 Å². The zero-order valence-electron chi connectivity index (χ0n) is 23.1. The molecule has 0 aliphatic rings. The van der Waals surface area contributed by atoms with Gasteiger partial charge >= 0.3 is 48.8 Å². The standard InChI is InChI=1S/C13H10ClN3O3.C13H12ClN3O.C2H6O.2ClH.Sn/c14-11-7-6-10(17(19)20)8-12(11)16-13(18)15-9-4-2-1-3-5-9;14-11-7-6-9(15)8-12(11)17-13(18)16-10-4-2-1-3-5-10;1-2-3;;;/h1-8H,(H2,15,16,18);1-8H,15H2,(H2,16,17,18);3H,2H2,1H3;2*1H;/q;;;;;+2/p-2. The first-order chi connectivity index (χ1) is 21.0. The first kappa shape index (κ1) is 38.6. The van der Waals surface area contributed by atoms with E-state index in [0.29, 0.717) is 27.8 Å². The molecule has 0 saturated carbocycles. The number of hydrogen-bond donors (Lipinski definition) is 6. The Morgan fingerprint density at radius 3 is 1.57 bits per heavy atom. The second-order valence-corrected chi connectivity index (χ2v) is 13.0. The van der Waals surface area contributed by atoms with Gasteiger partial charge in [0, 0.05) is 35.8 Å². The Labute approximate surface area is 281 Å². The van der Waals surface area contributed by atoms with Crippen molar-refractivity contribution in [3.63, 3.8) is 0 Å². The number of non-ortho nitro benzene ring substituents is 1. The van der Waals surface area contributed by atoms with Crippen molar-refractivity contribution in [1.82, 2.24) is 0 Å². The molecule has 44 heavy (non-hydrogen) atoms. The van der Waals surface area contributed by atoms with Crippen molar-refractivity contribution >= 4 is 106 Å². The molecule has 0 heterocycles. The van der Waals surface area contributed by atoms with Gasteiger partial charge in [-0.2, -0.15) is 0 Å². The number of nitrogens with zero attached hydrogens (tertiary/aromatic N) is 1. The van der Waals surface area contributed by atoms with Gasteiger partial charge in [-0.3, -0.25) is 10.1 Å². The monoisotopic (exact) mass is 788 g/mol. The van der Waals surface area contributed by atoms with E-state index in [0.717, 1.165) is 0 Å². The van der Waals surface area contributed by atoms with Gasteiger partial charge in [-0.05, 0) is 55.5 Å². The number of urea groups is 2. The van der Waals surface area contributed by atoms with Gasteiger partial charge < -0.3 is 32.1 Å². The van der Waals surface area contributed by atoms with Crippen molar-refractivity contribution in [2.75, 3.05) is 33.6 Å². The molecule has 0 unspecified atom stereocenters. The third kappa shape index (κ3) is 15.8. The summed E-state index contributed by atoms with van der Waals surface area (Å²) in [5.41, 5.74) is 7.97. The number of rotatable bonds is 5. The summed E-state index contributed by atoms with van der Waals surface area (Å²) in [6.07, 6.45) is 0. The number of para-hydroxylation sites is 2.